The van der Waals surface area contributed by atoms with E-state index in [9.17, 15) is 17.6 Å². The molecule has 0 radical (unpaired) electrons. The summed E-state index contributed by atoms with van der Waals surface area (Å²) in [6.45, 7) is 3.72. The number of esters is 1. The highest BCUT2D eigenvalue weighted by atomic mass is 32.2. The summed E-state index contributed by atoms with van der Waals surface area (Å²) in [5, 5.41) is 3.79. The van der Waals surface area contributed by atoms with Crippen molar-refractivity contribution in [1.29, 1.82) is 0 Å². The van der Waals surface area contributed by atoms with Gasteiger partial charge in [-0.2, -0.15) is 0 Å². The van der Waals surface area contributed by atoms with Gasteiger partial charge < -0.3 is 14.8 Å². The number of ether oxygens (including phenoxy) is 2. The van der Waals surface area contributed by atoms with E-state index in [2.05, 4.69) is 20.0 Å². The normalized spacial score (nSPS) is 12.5. The van der Waals surface area contributed by atoms with Crippen molar-refractivity contribution >= 4 is 49.1 Å². The minimum absolute atomic E-state index is 0.189. The molecular formula is C20H23FN4O5S2. The molecule has 3 rings (SSSR count). The summed E-state index contributed by atoms with van der Waals surface area (Å²) in [6, 6.07) is 4.04. The lowest BCUT2D eigenvalue weighted by Crippen LogP contribution is -2.27. The van der Waals surface area contributed by atoms with Crippen LogP contribution in [0.2, 0.25) is 0 Å². The van der Waals surface area contributed by atoms with E-state index in [1.807, 2.05) is 0 Å². The van der Waals surface area contributed by atoms with Crippen LogP contribution in [-0.4, -0.2) is 50.4 Å². The van der Waals surface area contributed by atoms with Gasteiger partial charge >= 0.3 is 5.97 Å². The third kappa shape index (κ3) is 5.69. The standard InChI is InChI=1S/C20H23FN4O5S2/c1-11(7-8-24-32(4,27)28)30-15-9-13(21)5-6-14(15)25-18-16-12(2)17(20(26)29-3)31-19(16)23-10-22-18/h5-6,9-11,24H,7-8H2,1-4H3,(H,22,23,25). The van der Waals surface area contributed by atoms with Crippen molar-refractivity contribution in [3.05, 3.63) is 40.8 Å². The summed E-state index contributed by atoms with van der Waals surface area (Å²) in [4.78, 5) is 21.6. The topological polar surface area (TPSA) is 120 Å². The van der Waals surface area contributed by atoms with Gasteiger partial charge in [0.1, 0.15) is 33.4 Å². The number of fused-ring (bicyclic) bond motifs is 1. The first kappa shape index (κ1) is 23.8. The molecule has 3 aromatic rings. The van der Waals surface area contributed by atoms with Crippen LogP contribution in [0.4, 0.5) is 15.9 Å². The molecule has 0 aliphatic heterocycles. The van der Waals surface area contributed by atoms with E-state index in [-0.39, 0.29) is 12.3 Å². The number of aromatic nitrogens is 2. The molecule has 12 heteroatoms. The predicted molar refractivity (Wildman–Crippen MR) is 121 cm³/mol. The summed E-state index contributed by atoms with van der Waals surface area (Å²) in [5.74, 6) is -0.273. The zero-order chi connectivity index (χ0) is 23.5. The molecule has 0 spiro atoms. The maximum atomic E-state index is 13.9. The Morgan fingerprint density at radius 2 is 2.06 bits per heavy atom. The zero-order valence-electron chi connectivity index (χ0n) is 17.9. The molecule has 1 aromatic carbocycles. The number of benzene rings is 1. The highest BCUT2D eigenvalue weighted by molar-refractivity contribution is 7.88. The Bertz CT molecular complexity index is 1250. The Kier molecular flexibility index (Phi) is 7.26. The first-order chi connectivity index (χ1) is 15.1. The van der Waals surface area contributed by atoms with E-state index in [1.165, 1.54) is 43.0 Å². The lowest BCUT2D eigenvalue weighted by molar-refractivity contribution is 0.0605. The lowest BCUT2D eigenvalue weighted by atomic mass is 10.2. The third-order valence-corrected chi connectivity index (χ3v) is 6.45. The summed E-state index contributed by atoms with van der Waals surface area (Å²) in [6.07, 6.45) is 2.43. The van der Waals surface area contributed by atoms with Crippen molar-refractivity contribution in [2.45, 2.75) is 26.4 Å². The number of hydrogen-bond acceptors (Lipinski definition) is 9. The van der Waals surface area contributed by atoms with Crippen molar-refractivity contribution in [2.24, 2.45) is 0 Å². The van der Waals surface area contributed by atoms with Gasteiger partial charge in [-0.1, -0.05) is 0 Å². The minimum atomic E-state index is -3.30. The number of rotatable bonds is 9. The molecule has 2 heterocycles. The molecule has 0 aliphatic rings. The average Bonchev–Trinajstić information content (AvgIpc) is 3.06. The van der Waals surface area contributed by atoms with Crippen LogP contribution in [0.5, 0.6) is 5.75 Å². The van der Waals surface area contributed by atoms with Gasteiger partial charge in [0, 0.05) is 12.6 Å². The number of nitrogens with zero attached hydrogens (tertiary/aromatic N) is 2. The number of methoxy groups -OCH3 is 1. The second kappa shape index (κ2) is 9.76. The van der Waals surface area contributed by atoms with E-state index in [0.717, 1.165) is 6.26 Å². The van der Waals surface area contributed by atoms with Crippen LogP contribution < -0.4 is 14.8 Å². The van der Waals surface area contributed by atoms with E-state index in [4.69, 9.17) is 9.47 Å². The number of carbonyl (C=O) groups is 1. The maximum absolute atomic E-state index is 13.9. The average molecular weight is 483 g/mol. The molecule has 1 atom stereocenters. The molecule has 0 bridgehead atoms. The van der Waals surface area contributed by atoms with Crippen LogP contribution >= 0.6 is 11.3 Å². The molecule has 2 aromatic heterocycles. The molecule has 32 heavy (non-hydrogen) atoms. The van der Waals surface area contributed by atoms with Gasteiger partial charge in [-0.25, -0.2) is 32.3 Å². The van der Waals surface area contributed by atoms with Crippen molar-refractivity contribution < 1.29 is 27.1 Å². The fraction of sp³-hybridized carbons (Fsp3) is 0.350. The van der Waals surface area contributed by atoms with E-state index in [0.29, 0.717) is 38.6 Å². The Hall–Kier alpha value is -2.83. The van der Waals surface area contributed by atoms with Crippen LogP contribution in [0.3, 0.4) is 0 Å². The zero-order valence-corrected chi connectivity index (χ0v) is 19.6. The largest absolute Gasteiger partial charge is 0.488 e. The SMILES string of the molecule is COC(=O)c1sc2ncnc(Nc3ccc(F)cc3OC(C)CCNS(C)(=O)=O)c2c1C. The third-order valence-electron chi connectivity index (χ3n) is 4.54. The van der Waals surface area contributed by atoms with Gasteiger partial charge in [0.15, 0.2) is 0 Å². The van der Waals surface area contributed by atoms with Gasteiger partial charge in [0.2, 0.25) is 10.0 Å². The van der Waals surface area contributed by atoms with Gasteiger partial charge in [-0.05, 0) is 38.0 Å². The van der Waals surface area contributed by atoms with Gasteiger partial charge in [0.25, 0.3) is 0 Å². The molecule has 0 aliphatic carbocycles. The minimum Gasteiger partial charge on any atom is -0.488 e. The number of halogens is 1. The fourth-order valence-corrected chi connectivity index (χ4v) is 4.56. The van der Waals surface area contributed by atoms with Crippen LogP contribution in [0.15, 0.2) is 24.5 Å². The smallest absolute Gasteiger partial charge is 0.348 e. The molecule has 2 N–H and O–H groups in total. The van der Waals surface area contributed by atoms with Gasteiger partial charge in [-0.3, -0.25) is 0 Å². The van der Waals surface area contributed by atoms with Crippen molar-refractivity contribution in [2.75, 3.05) is 25.2 Å². The monoisotopic (exact) mass is 482 g/mol. The Labute approximate surface area is 189 Å². The predicted octanol–water partition coefficient (Wildman–Crippen LogP) is 3.38. The van der Waals surface area contributed by atoms with Crippen molar-refractivity contribution in [1.82, 2.24) is 14.7 Å². The molecule has 9 nitrogen and oxygen atoms in total. The second-order valence-corrected chi connectivity index (χ2v) is 9.93. The van der Waals surface area contributed by atoms with Crippen molar-refractivity contribution in [3.8, 4) is 5.75 Å². The molecule has 0 saturated heterocycles. The Balaban J connectivity index is 1.87. The number of aryl methyl sites for hydroxylation is 1. The summed E-state index contributed by atoms with van der Waals surface area (Å²) in [7, 11) is -1.99. The van der Waals surface area contributed by atoms with Crippen LogP contribution in [0, 0.1) is 12.7 Å². The number of hydrogen-bond donors (Lipinski definition) is 2. The van der Waals surface area contributed by atoms with Crippen LogP contribution in [-0.2, 0) is 14.8 Å². The summed E-state index contributed by atoms with van der Waals surface area (Å²) >= 11 is 1.20. The second-order valence-electron chi connectivity index (χ2n) is 7.10. The molecule has 1 unspecified atom stereocenters. The highest BCUT2D eigenvalue weighted by Gasteiger charge is 2.21. The summed E-state index contributed by atoms with van der Waals surface area (Å²) in [5.41, 5.74) is 1.13. The molecule has 0 fully saturated rings. The van der Waals surface area contributed by atoms with Gasteiger partial charge in [0.05, 0.1) is 30.5 Å². The first-order valence-electron chi connectivity index (χ1n) is 9.59. The molecular weight excluding hydrogens is 459 g/mol. The summed E-state index contributed by atoms with van der Waals surface area (Å²) < 4.78 is 49.4. The van der Waals surface area contributed by atoms with Crippen LogP contribution in [0.25, 0.3) is 10.2 Å². The Morgan fingerprint density at radius 3 is 2.75 bits per heavy atom. The van der Waals surface area contributed by atoms with E-state index < -0.39 is 27.9 Å². The number of sulfonamides is 1. The van der Waals surface area contributed by atoms with Crippen LogP contribution in [0.1, 0.15) is 28.6 Å². The maximum Gasteiger partial charge on any atom is 0.348 e. The number of nitrogens with one attached hydrogen (secondary N) is 2. The van der Waals surface area contributed by atoms with E-state index >= 15 is 0 Å². The number of carbonyl (C=O) groups excluding carboxylic acids is 1. The number of thiophene rings is 1. The van der Waals surface area contributed by atoms with Gasteiger partial charge in [-0.15, -0.1) is 11.3 Å². The number of anilines is 2. The first-order valence-corrected chi connectivity index (χ1v) is 12.3. The quantitative estimate of drug-likeness (QED) is 0.446. The molecule has 0 saturated carbocycles. The van der Waals surface area contributed by atoms with E-state index in [1.54, 1.807) is 13.8 Å². The van der Waals surface area contributed by atoms with Crippen molar-refractivity contribution in [3.63, 3.8) is 0 Å². The lowest BCUT2D eigenvalue weighted by Gasteiger charge is -2.18. The highest BCUT2D eigenvalue weighted by Crippen LogP contribution is 2.37. The molecule has 172 valence electrons. The fourth-order valence-electron chi connectivity index (χ4n) is 3.00. The molecule has 0 amide bonds. The Morgan fingerprint density at radius 1 is 1.31 bits per heavy atom.